The molecule has 2 aromatic rings. The molecule has 1 aromatic carbocycles. The van der Waals surface area contributed by atoms with E-state index in [0.29, 0.717) is 6.42 Å². The van der Waals surface area contributed by atoms with E-state index in [9.17, 15) is 8.78 Å². The lowest BCUT2D eigenvalue weighted by atomic mass is 10.0. The van der Waals surface area contributed by atoms with Crippen LogP contribution in [0.5, 0.6) is 0 Å². The molecule has 0 radical (unpaired) electrons. The topological polar surface area (TPSA) is 103 Å². The summed E-state index contributed by atoms with van der Waals surface area (Å²) in [6, 6.07) is 5.34. The molecule has 21 heavy (non-hydrogen) atoms. The first-order valence-corrected chi connectivity index (χ1v) is 6.17. The van der Waals surface area contributed by atoms with Crippen LogP contribution in [0, 0.1) is 17.0 Å². The van der Waals surface area contributed by atoms with Crippen LogP contribution in [0.15, 0.2) is 35.6 Å². The zero-order valence-corrected chi connectivity index (χ0v) is 11.0. The summed E-state index contributed by atoms with van der Waals surface area (Å²) in [7, 11) is 0. The molecule has 0 unspecified atom stereocenters. The van der Waals surface area contributed by atoms with E-state index in [1.165, 1.54) is 6.07 Å². The lowest BCUT2D eigenvalue weighted by Crippen LogP contribution is -2.27. The second-order valence-corrected chi connectivity index (χ2v) is 4.26. The van der Waals surface area contributed by atoms with Gasteiger partial charge < -0.3 is 5.73 Å². The van der Waals surface area contributed by atoms with Gasteiger partial charge in [-0.05, 0) is 31.0 Å². The maximum absolute atomic E-state index is 13.8. The van der Waals surface area contributed by atoms with Gasteiger partial charge in [-0.15, -0.1) is 0 Å². The zero-order chi connectivity index (χ0) is 15.2. The lowest BCUT2D eigenvalue weighted by molar-refractivity contribution is 0.577. The van der Waals surface area contributed by atoms with Crippen molar-refractivity contribution in [3.63, 3.8) is 0 Å². The smallest absolute Gasteiger partial charge is 0.206 e. The number of hydrogen-bond donors (Lipinski definition) is 4. The number of H-pyrrole nitrogens is 1. The number of guanidine groups is 1. The minimum absolute atomic E-state index is 0.135. The standard InChI is InChI=1S/C13H14F2N6/c14-9-2-1-3-10(15)12(9)11(20-21-13(16)17)5-4-8-6-7-18-19-8/h1-3,6-7H,4-5H2,(H,18,19)(H4,16,17,21). The summed E-state index contributed by atoms with van der Waals surface area (Å²) < 4.78 is 27.7. The summed E-state index contributed by atoms with van der Waals surface area (Å²) in [6.07, 6.45) is 2.30. The minimum Gasteiger partial charge on any atom is -0.369 e. The SMILES string of the molecule is N=C(N)NN=C(CCc1ccn[nH]1)c1c(F)cccc1F. The van der Waals surface area contributed by atoms with Crippen LogP contribution in [-0.4, -0.2) is 21.9 Å². The summed E-state index contributed by atoms with van der Waals surface area (Å²) in [5.41, 5.74) is 8.08. The molecule has 0 aliphatic heterocycles. The Balaban J connectivity index is 2.27. The van der Waals surface area contributed by atoms with Gasteiger partial charge in [0, 0.05) is 11.9 Å². The zero-order valence-electron chi connectivity index (χ0n) is 11.0. The molecular formula is C13H14F2N6. The molecule has 110 valence electrons. The van der Waals surface area contributed by atoms with Gasteiger partial charge >= 0.3 is 0 Å². The van der Waals surface area contributed by atoms with Crippen molar-refractivity contribution in [2.45, 2.75) is 12.8 Å². The second kappa shape index (κ2) is 6.60. The number of aryl methyl sites for hydroxylation is 1. The van der Waals surface area contributed by atoms with E-state index < -0.39 is 17.6 Å². The first kappa shape index (κ1) is 14.6. The Hall–Kier alpha value is -2.77. The Morgan fingerprint density at radius 2 is 2.05 bits per heavy atom. The third kappa shape index (κ3) is 3.85. The number of nitrogens with one attached hydrogen (secondary N) is 3. The van der Waals surface area contributed by atoms with E-state index in [2.05, 4.69) is 20.7 Å². The van der Waals surface area contributed by atoms with Crippen LogP contribution in [-0.2, 0) is 6.42 Å². The highest BCUT2D eigenvalue weighted by molar-refractivity contribution is 6.01. The largest absolute Gasteiger partial charge is 0.369 e. The monoisotopic (exact) mass is 292 g/mol. The first-order chi connectivity index (χ1) is 10.1. The quantitative estimate of drug-likeness (QED) is 0.381. The Morgan fingerprint density at radius 1 is 1.33 bits per heavy atom. The minimum atomic E-state index is -0.719. The van der Waals surface area contributed by atoms with Crippen LogP contribution < -0.4 is 11.2 Å². The van der Waals surface area contributed by atoms with Crippen LogP contribution in [0.4, 0.5) is 8.78 Å². The van der Waals surface area contributed by atoms with Crippen LogP contribution in [0.1, 0.15) is 17.7 Å². The predicted octanol–water partition coefficient (Wildman–Crippen LogP) is 1.51. The summed E-state index contributed by atoms with van der Waals surface area (Å²) in [5, 5.41) is 17.5. The maximum Gasteiger partial charge on any atom is 0.206 e. The van der Waals surface area contributed by atoms with Gasteiger partial charge in [0.15, 0.2) is 0 Å². The van der Waals surface area contributed by atoms with E-state index in [1.54, 1.807) is 12.3 Å². The number of benzene rings is 1. The van der Waals surface area contributed by atoms with Gasteiger partial charge in [-0.25, -0.2) is 14.2 Å². The van der Waals surface area contributed by atoms with Crippen LogP contribution in [0.3, 0.4) is 0 Å². The molecule has 5 N–H and O–H groups in total. The molecule has 0 saturated carbocycles. The van der Waals surface area contributed by atoms with E-state index in [0.717, 1.165) is 17.8 Å². The number of nitrogens with zero attached hydrogens (tertiary/aromatic N) is 2. The summed E-state index contributed by atoms with van der Waals surface area (Å²) in [4.78, 5) is 0. The molecule has 0 saturated heterocycles. The number of halogens is 2. The summed E-state index contributed by atoms with van der Waals surface area (Å²) in [6.45, 7) is 0. The van der Waals surface area contributed by atoms with Gasteiger partial charge in [0.2, 0.25) is 5.96 Å². The highest BCUT2D eigenvalue weighted by Gasteiger charge is 2.15. The molecular weight excluding hydrogens is 278 g/mol. The number of hydrazone groups is 1. The Bertz CT molecular complexity index is 630. The molecule has 1 aromatic heterocycles. The molecule has 1 heterocycles. The number of nitrogens with two attached hydrogens (primary N) is 1. The fourth-order valence-corrected chi connectivity index (χ4v) is 1.82. The highest BCUT2D eigenvalue weighted by atomic mass is 19.1. The maximum atomic E-state index is 13.8. The average molecular weight is 292 g/mol. The third-order valence-corrected chi connectivity index (χ3v) is 2.75. The van der Waals surface area contributed by atoms with E-state index in [-0.39, 0.29) is 17.7 Å². The van der Waals surface area contributed by atoms with Gasteiger partial charge in [-0.3, -0.25) is 10.5 Å². The van der Waals surface area contributed by atoms with Crippen molar-refractivity contribution in [1.29, 1.82) is 5.41 Å². The van der Waals surface area contributed by atoms with Crippen molar-refractivity contribution in [1.82, 2.24) is 15.6 Å². The summed E-state index contributed by atoms with van der Waals surface area (Å²) in [5.74, 6) is -1.85. The molecule has 8 heteroatoms. The third-order valence-electron chi connectivity index (χ3n) is 2.75. The Morgan fingerprint density at radius 3 is 2.62 bits per heavy atom. The van der Waals surface area contributed by atoms with Crippen molar-refractivity contribution < 1.29 is 8.78 Å². The average Bonchev–Trinajstić information content (AvgIpc) is 2.93. The van der Waals surface area contributed by atoms with Gasteiger partial charge in [-0.1, -0.05) is 6.07 Å². The number of aromatic nitrogens is 2. The van der Waals surface area contributed by atoms with Crippen molar-refractivity contribution >= 4 is 11.7 Å². The van der Waals surface area contributed by atoms with Crippen molar-refractivity contribution in [3.8, 4) is 0 Å². The van der Waals surface area contributed by atoms with E-state index >= 15 is 0 Å². The normalized spacial score (nSPS) is 11.4. The highest BCUT2D eigenvalue weighted by Crippen LogP contribution is 2.16. The van der Waals surface area contributed by atoms with Gasteiger partial charge in [0.25, 0.3) is 0 Å². The molecule has 0 aliphatic rings. The molecule has 0 atom stereocenters. The molecule has 0 bridgehead atoms. The van der Waals surface area contributed by atoms with Crippen LogP contribution in [0.2, 0.25) is 0 Å². The van der Waals surface area contributed by atoms with Crippen molar-refractivity contribution in [3.05, 3.63) is 53.4 Å². The lowest BCUT2D eigenvalue weighted by Gasteiger charge is -2.09. The second-order valence-electron chi connectivity index (χ2n) is 4.26. The van der Waals surface area contributed by atoms with E-state index in [4.69, 9.17) is 11.1 Å². The number of rotatable bonds is 5. The van der Waals surface area contributed by atoms with Gasteiger partial charge in [0.1, 0.15) is 11.6 Å². The first-order valence-electron chi connectivity index (χ1n) is 6.17. The summed E-state index contributed by atoms with van der Waals surface area (Å²) >= 11 is 0. The molecule has 2 rings (SSSR count). The van der Waals surface area contributed by atoms with Crippen molar-refractivity contribution in [2.24, 2.45) is 10.8 Å². The van der Waals surface area contributed by atoms with Crippen molar-refractivity contribution in [2.75, 3.05) is 0 Å². The fraction of sp³-hybridized carbons (Fsp3) is 0.154. The van der Waals surface area contributed by atoms with E-state index in [1.807, 2.05) is 0 Å². The molecule has 0 spiro atoms. The molecule has 0 fully saturated rings. The molecule has 6 nitrogen and oxygen atoms in total. The van der Waals surface area contributed by atoms with Crippen LogP contribution >= 0.6 is 0 Å². The molecule has 0 amide bonds. The molecule has 0 aliphatic carbocycles. The Labute approximate surface area is 119 Å². The number of hydrogen-bond acceptors (Lipinski definition) is 3. The fourth-order valence-electron chi connectivity index (χ4n) is 1.82. The van der Waals surface area contributed by atoms with Crippen LogP contribution in [0.25, 0.3) is 0 Å². The van der Waals surface area contributed by atoms with Gasteiger partial charge in [0.05, 0.1) is 11.3 Å². The van der Waals surface area contributed by atoms with Gasteiger partial charge in [-0.2, -0.15) is 10.2 Å². The number of aromatic amines is 1. The Kier molecular flexibility index (Phi) is 4.60. The predicted molar refractivity (Wildman–Crippen MR) is 74.9 cm³/mol.